The quantitative estimate of drug-likeness (QED) is 0.755. The van der Waals surface area contributed by atoms with Crippen LogP contribution < -0.4 is 4.74 Å². The smallest absolute Gasteiger partial charge is 0.410 e. The van der Waals surface area contributed by atoms with Crippen LogP contribution in [0.25, 0.3) is 0 Å². The Labute approximate surface area is 175 Å². The van der Waals surface area contributed by atoms with Crippen molar-refractivity contribution in [2.45, 2.75) is 38.9 Å². The maximum absolute atomic E-state index is 14.0. The molecule has 1 unspecified atom stereocenters. The summed E-state index contributed by atoms with van der Waals surface area (Å²) in [6.07, 6.45) is -0.261. The molecular weight excluding hydrogens is 385 g/mol. The standard InChI is InChI=1S/C23H24FN3O3/c1-23(2,3)30-22(28)27-11-16-17(12-27)21(16)19-5-4-6-20(26-19)29-13-15-8-7-14(10-25)9-18(15)24/h4-9,16-17,21H,11-13H2,1-3H3/t16-,17+,21?. The second kappa shape index (κ2) is 7.60. The monoisotopic (exact) mass is 409 g/mol. The minimum atomic E-state index is -0.495. The van der Waals surface area contributed by atoms with Gasteiger partial charge in [-0.2, -0.15) is 5.26 Å². The van der Waals surface area contributed by atoms with E-state index < -0.39 is 11.4 Å². The number of ether oxygens (including phenoxy) is 2. The Bertz CT molecular complexity index is 999. The van der Waals surface area contributed by atoms with Gasteiger partial charge in [-0.15, -0.1) is 0 Å². The number of benzene rings is 1. The number of carbonyl (C=O) groups is 1. The van der Waals surface area contributed by atoms with Crippen LogP contribution >= 0.6 is 0 Å². The second-order valence-electron chi connectivity index (χ2n) is 8.85. The van der Waals surface area contributed by atoms with Crippen LogP contribution in [0.5, 0.6) is 5.88 Å². The van der Waals surface area contributed by atoms with Crippen molar-refractivity contribution in [2.75, 3.05) is 13.1 Å². The summed E-state index contributed by atoms with van der Waals surface area (Å²) in [7, 11) is 0. The number of fused-ring (bicyclic) bond motifs is 1. The van der Waals surface area contributed by atoms with Gasteiger partial charge in [-0.05, 0) is 50.8 Å². The minimum absolute atomic E-state index is 0.0396. The number of piperidine rings is 1. The van der Waals surface area contributed by atoms with Crippen LogP contribution in [-0.4, -0.2) is 34.7 Å². The second-order valence-corrected chi connectivity index (χ2v) is 8.85. The van der Waals surface area contributed by atoms with Crippen molar-refractivity contribution >= 4 is 6.09 Å². The lowest BCUT2D eigenvalue weighted by atomic mass is 10.1. The molecule has 156 valence electrons. The maximum atomic E-state index is 14.0. The molecule has 0 N–H and O–H groups in total. The highest BCUT2D eigenvalue weighted by Gasteiger charge is 2.58. The molecule has 2 fully saturated rings. The van der Waals surface area contributed by atoms with Crippen molar-refractivity contribution < 1.29 is 18.7 Å². The molecule has 30 heavy (non-hydrogen) atoms. The largest absolute Gasteiger partial charge is 0.473 e. The van der Waals surface area contributed by atoms with Crippen LogP contribution in [0.4, 0.5) is 9.18 Å². The number of pyridine rings is 1. The Morgan fingerprint density at radius 3 is 2.63 bits per heavy atom. The Hall–Kier alpha value is -3.14. The summed E-state index contributed by atoms with van der Waals surface area (Å²) in [5.41, 5.74) is 1.09. The summed E-state index contributed by atoms with van der Waals surface area (Å²) in [6, 6.07) is 11.8. The first-order chi connectivity index (χ1) is 14.2. The summed E-state index contributed by atoms with van der Waals surface area (Å²) in [4.78, 5) is 18.6. The molecule has 0 spiro atoms. The molecule has 1 aliphatic heterocycles. The van der Waals surface area contributed by atoms with E-state index in [1.807, 2.05) is 39.0 Å². The number of hydrogen-bond acceptors (Lipinski definition) is 5. The molecule has 0 radical (unpaired) electrons. The average Bonchev–Trinajstić information content (AvgIpc) is 3.19. The fourth-order valence-corrected chi connectivity index (χ4v) is 4.02. The Morgan fingerprint density at radius 2 is 2.00 bits per heavy atom. The average molecular weight is 409 g/mol. The molecule has 1 aliphatic carbocycles. The minimum Gasteiger partial charge on any atom is -0.473 e. The van der Waals surface area contributed by atoms with Gasteiger partial charge >= 0.3 is 6.09 Å². The maximum Gasteiger partial charge on any atom is 0.410 e. The van der Waals surface area contributed by atoms with Gasteiger partial charge in [-0.1, -0.05) is 12.1 Å². The van der Waals surface area contributed by atoms with E-state index in [9.17, 15) is 9.18 Å². The van der Waals surface area contributed by atoms with E-state index in [1.54, 1.807) is 23.1 Å². The number of carbonyl (C=O) groups excluding carboxylic acids is 1. The molecule has 7 heteroatoms. The van der Waals surface area contributed by atoms with Crippen molar-refractivity contribution in [1.82, 2.24) is 9.88 Å². The van der Waals surface area contributed by atoms with E-state index >= 15 is 0 Å². The van der Waals surface area contributed by atoms with Crippen molar-refractivity contribution in [3.05, 3.63) is 59.0 Å². The van der Waals surface area contributed by atoms with Gasteiger partial charge in [-0.25, -0.2) is 14.2 Å². The molecule has 2 aliphatic rings. The lowest BCUT2D eigenvalue weighted by molar-refractivity contribution is 0.0270. The number of halogens is 1. The molecule has 1 aromatic heterocycles. The van der Waals surface area contributed by atoms with Gasteiger partial charge in [0.25, 0.3) is 0 Å². The van der Waals surface area contributed by atoms with Gasteiger partial charge in [-0.3, -0.25) is 0 Å². The first-order valence-electron chi connectivity index (χ1n) is 10.0. The van der Waals surface area contributed by atoms with E-state index in [2.05, 4.69) is 4.98 Å². The topological polar surface area (TPSA) is 75.4 Å². The van der Waals surface area contributed by atoms with Crippen LogP contribution in [0.15, 0.2) is 36.4 Å². The molecule has 4 rings (SSSR count). The first kappa shape index (κ1) is 20.1. The molecule has 1 saturated carbocycles. The predicted octanol–water partition coefficient (Wildman–Crippen LogP) is 4.25. The summed E-state index contributed by atoms with van der Waals surface area (Å²) in [5, 5.41) is 8.83. The van der Waals surface area contributed by atoms with Gasteiger partial charge in [0.1, 0.15) is 18.0 Å². The number of aromatic nitrogens is 1. The highest BCUT2D eigenvalue weighted by atomic mass is 19.1. The zero-order valence-electron chi connectivity index (χ0n) is 17.3. The van der Waals surface area contributed by atoms with Crippen molar-refractivity contribution in [1.29, 1.82) is 5.26 Å². The highest BCUT2D eigenvalue weighted by molar-refractivity contribution is 5.69. The fourth-order valence-electron chi connectivity index (χ4n) is 4.02. The lowest BCUT2D eigenvalue weighted by Crippen LogP contribution is -2.36. The van der Waals surface area contributed by atoms with Gasteiger partial charge < -0.3 is 14.4 Å². The Kier molecular flexibility index (Phi) is 5.10. The number of nitriles is 1. The van der Waals surface area contributed by atoms with Crippen molar-refractivity contribution in [2.24, 2.45) is 11.8 Å². The van der Waals surface area contributed by atoms with Crippen LogP contribution in [-0.2, 0) is 11.3 Å². The summed E-state index contributed by atoms with van der Waals surface area (Å²) >= 11 is 0. The summed E-state index contributed by atoms with van der Waals surface area (Å²) in [6.45, 7) is 6.98. The number of nitrogens with zero attached hydrogens (tertiary/aromatic N) is 3. The number of rotatable bonds is 4. The van der Waals surface area contributed by atoms with Gasteiger partial charge in [0.2, 0.25) is 5.88 Å². The van der Waals surface area contributed by atoms with Crippen molar-refractivity contribution in [3.8, 4) is 11.9 Å². The van der Waals surface area contributed by atoms with E-state index in [0.29, 0.717) is 42.3 Å². The molecule has 6 nitrogen and oxygen atoms in total. The Morgan fingerprint density at radius 1 is 1.27 bits per heavy atom. The lowest BCUT2D eigenvalue weighted by Gasteiger charge is -2.25. The van der Waals surface area contributed by atoms with Gasteiger partial charge in [0, 0.05) is 36.3 Å². The summed E-state index contributed by atoms with van der Waals surface area (Å²) in [5.74, 6) is 1.04. The first-order valence-corrected chi connectivity index (χ1v) is 10.0. The van der Waals surface area contributed by atoms with Crippen LogP contribution in [0.3, 0.4) is 0 Å². The predicted molar refractivity (Wildman–Crippen MR) is 107 cm³/mol. The number of likely N-dealkylation sites (tertiary alicyclic amines) is 1. The van der Waals surface area contributed by atoms with Gasteiger partial charge in [0.05, 0.1) is 11.6 Å². The SMILES string of the molecule is CC(C)(C)OC(=O)N1C[C@@H]2C(c3cccc(OCc4ccc(C#N)cc4F)n3)[C@@H]2C1. The van der Waals surface area contributed by atoms with Crippen LogP contribution in [0.1, 0.15) is 43.5 Å². The normalized spacial score (nSPS) is 22.2. The van der Waals surface area contributed by atoms with Gasteiger partial charge in [0.15, 0.2) is 0 Å². The number of hydrogen-bond donors (Lipinski definition) is 0. The van der Waals surface area contributed by atoms with E-state index in [0.717, 1.165) is 5.69 Å². The zero-order valence-corrected chi connectivity index (χ0v) is 17.3. The molecule has 2 aromatic rings. The molecule has 2 heterocycles. The van der Waals surface area contributed by atoms with E-state index in [1.165, 1.54) is 6.07 Å². The zero-order chi connectivity index (χ0) is 21.5. The molecular formula is C23H24FN3O3. The molecule has 1 aromatic carbocycles. The number of amides is 1. The molecule has 3 atom stereocenters. The highest BCUT2D eigenvalue weighted by Crippen LogP contribution is 2.57. The fraction of sp³-hybridized carbons (Fsp3) is 0.435. The van der Waals surface area contributed by atoms with E-state index in [-0.39, 0.29) is 18.3 Å². The van der Waals surface area contributed by atoms with Crippen LogP contribution in [0, 0.1) is 29.0 Å². The summed E-state index contributed by atoms with van der Waals surface area (Å²) < 4.78 is 25.2. The third kappa shape index (κ3) is 4.23. The van der Waals surface area contributed by atoms with Crippen LogP contribution in [0.2, 0.25) is 0 Å². The molecule has 1 saturated heterocycles. The van der Waals surface area contributed by atoms with Crippen molar-refractivity contribution in [3.63, 3.8) is 0 Å². The molecule has 0 bridgehead atoms. The Balaban J connectivity index is 1.35. The molecule has 1 amide bonds. The third-order valence-corrected chi connectivity index (χ3v) is 5.49. The third-order valence-electron chi connectivity index (χ3n) is 5.49. The van der Waals surface area contributed by atoms with E-state index in [4.69, 9.17) is 14.7 Å².